The zero-order chi connectivity index (χ0) is 22.1. The third kappa shape index (κ3) is 6.94. The fourth-order valence-corrected chi connectivity index (χ4v) is 3.34. The number of amides is 1. The van der Waals surface area contributed by atoms with E-state index < -0.39 is 0 Å². The monoisotopic (exact) mass is 435 g/mol. The summed E-state index contributed by atoms with van der Waals surface area (Å²) in [7, 11) is 1.34. The molecule has 9 nitrogen and oxygen atoms in total. The van der Waals surface area contributed by atoms with Gasteiger partial charge in [0.1, 0.15) is 12.4 Å². The highest BCUT2D eigenvalue weighted by molar-refractivity contribution is 7.99. The van der Waals surface area contributed by atoms with E-state index in [1.807, 2.05) is 13.0 Å². The van der Waals surface area contributed by atoms with E-state index in [0.29, 0.717) is 29.9 Å². The first-order chi connectivity index (χ1) is 14.3. The molecule has 30 heavy (non-hydrogen) atoms. The van der Waals surface area contributed by atoms with Gasteiger partial charge in [0.15, 0.2) is 5.82 Å². The van der Waals surface area contributed by atoms with Gasteiger partial charge in [-0.05, 0) is 36.5 Å². The lowest BCUT2D eigenvalue weighted by Gasteiger charge is -2.14. The molecule has 10 heteroatoms. The molecule has 3 N–H and O–H groups in total. The van der Waals surface area contributed by atoms with Crippen LogP contribution in [0.3, 0.4) is 0 Å². The zero-order valence-corrected chi connectivity index (χ0v) is 18.6. The van der Waals surface area contributed by atoms with Crippen LogP contribution in [0.15, 0.2) is 23.4 Å². The summed E-state index contributed by atoms with van der Waals surface area (Å²) < 4.78 is 11.8. The smallest absolute Gasteiger partial charge is 0.305 e. The van der Waals surface area contributed by atoms with Crippen LogP contribution in [0, 0.1) is 6.92 Å². The van der Waals surface area contributed by atoms with Crippen molar-refractivity contribution in [2.24, 2.45) is 0 Å². The van der Waals surface area contributed by atoms with Crippen molar-refractivity contribution in [1.29, 1.82) is 0 Å². The van der Waals surface area contributed by atoms with E-state index in [0.717, 1.165) is 16.9 Å². The number of nitrogens with zero attached hydrogens (tertiary/aromatic N) is 3. The van der Waals surface area contributed by atoms with Gasteiger partial charge >= 0.3 is 5.97 Å². The number of hydrogen-bond donors (Lipinski definition) is 2. The number of aromatic nitrogens is 3. The molecule has 1 aromatic carbocycles. The van der Waals surface area contributed by atoms with Crippen LogP contribution >= 0.6 is 11.8 Å². The Morgan fingerprint density at radius 1 is 1.30 bits per heavy atom. The third-order valence-corrected chi connectivity index (χ3v) is 5.27. The standard InChI is InChI=1S/C20H29N5O4S/c1-13(2)15-8-7-14(3)10-16(15)29-11-17-23-24-20(25(17)21)30-12-18(26)22-9-5-6-19(27)28-4/h7-8,10,13H,5-6,9,11-12,21H2,1-4H3,(H,22,26). The predicted octanol–water partition coefficient (Wildman–Crippen LogP) is 2.16. The van der Waals surface area contributed by atoms with Gasteiger partial charge in [0.2, 0.25) is 11.1 Å². The van der Waals surface area contributed by atoms with Gasteiger partial charge in [-0.1, -0.05) is 37.7 Å². The molecule has 1 aromatic heterocycles. The molecule has 0 saturated carbocycles. The minimum atomic E-state index is -0.296. The number of aryl methyl sites for hydroxylation is 1. The maximum Gasteiger partial charge on any atom is 0.305 e. The lowest BCUT2D eigenvalue weighted by molar-refractivity contribution is -0.140. The molecule has 2 rings (SSSR count). The number of carbonyl (C=O) groups excluding carboxylic acids is 2. The van der Waals surface area contributed by atoms with Crippen molar-refractivity contribution in [3.05, 3.63) is 35.2 Å². The van der Waals surface area contributed by atoms with Crippen LogP contribution < -0.4 is 15.9 Å². The van der Waals surface area contributed by atoms with Crippen LogP contribution in [0.4, 0.5) is 0 Å². The summed E-state index contributed by atoms with van der Waals surface area (Å²) in [6.07, 6.45) is 0.791. The molecule has 0 unspecified atom stereocenters. The Kier molecular flexibility index (Phi) is 8.97. The normalized spacial score (nSPS) is 10.8. The molecule has 0 bridgehead atoms. The average Bonchev–Trinajstić information content (AvgIpc) is 3.07. The molecular formula is C20H29N5O4S. The number of thioether (sulfide) groups is 1. The Labute approximate surface area is 180 Å². The first kappa shape index (κ1) is 23.5. The van der Waals surface area contributed by atoms with Crippen LogP contribution in [0.1, 0.15) is 49.6 Å². The molecule has 0 atom stereocenters. The van der Waals surface area contributed by atoms with Gasteiger partial charge in [0.05, 0.1) is 12.9 Å². The van der Waals surface area contributed by atoms with E-state index in [-0.39, 0.29) is 30.7 Å². The second-order valence-corrected chi connectivity index (χ2v) is 8.01. The highest BCUT2D eigenvalue weighted by atomic mass is 32.2. The lowest BCUT2D eigenvalue weighted by Crippen LogP contribution is -2.27. The zero-order valence-electron chi connectivity index (χ0n) is 17.8. The number of carbonyl (C=O) groups is 2. The molecule has 0 fully saturated rings. The first-order valence-corrected chi connectivity index (χ1v) is 10.7. The number of rotatable bonds is 11. The Morgan fingerprint density at radius 3 is 2.77 bits per heavy atom. The fourth-order valence-electron chi connectivity index (χ4n) is 2.63. The number of nitrogen functional groups attached to an aromatic ring is 1. The van der Waals surface area contributed by atoms with Crippen molar-refractivity contribution < 1.29 is 19.1 Å². The van der Waals surface area contributed by atoms with Gasteiger partial charge in [0.25, 0.3) is 0 Å². The molecule has 0 saturated heterocycles. The second-order valence-electron chi connectivity index (χ2n) is 7.07. The predicted molar refractivity (Wildman–Crippen MR) is 115 cm³/mol. The molecule has 0 aliphatic carbocycles. The van der Waals surface area contributed by atoms with Crippen LogP contribution in [0.2, 0.25) is 0 Å². The lowest BCUT2D eigenvalue weighted by atomic mass is 10.0. The average molecular weight is 436 g/mol. The Hall–Kier alpha value is -2.75. The molecule has 0 spiro atoms. The van der Waals surface area contributed by atoms with Crippen molar-refractivity contribution in [2.75, 3.05) is 25.3 Å². The number of hydrogen-bond acceptors (Lipinski definition) is 8. The Bertz CT molecular complexity index is 869. The number of esters is 1. The van der Waals surface area contributed by atoms with Crippen LogP contribution in [0.25, 0.3) is 0 Å². The quantitative estimate of drug-likeness (QED) is 0.238. The van der Waals surface area contributed by atoms with Crippen LogP contribution in [-0.2, 0) is 20.9 Å². The van der Waals surface area contributed by atoms with E-state index >= 15 is 0 Å². The van der Waals surface area contributed by atoms with E-state index in [2.05, 4.69) is 46.2 Å². The van der Waals surface area contributed by atoms with E-state index in [4.69, 9.17) is 10.6 Å². The summed E-state index contributed by atoms with van der Waals surface area (Å²) in [6, 6.07) is 6.11. The summed E-state index contributed by atoms with van der Waals surface area (Å²) in [6.45, 7) is 6.80. The Morgan fingerprint density at radius 2 is 2.07 bits per heavy atom. The van der Waals surface area contributed by atoms with Gasteiger partial charge in [-0.3, -0.25) is 9.59 Å². The van der Waals surface area contributed by atoms with Gasteiger partial charge in [-0.25, -0.2) is 4.68 Å². The SMILES string of the molecule is COC(=O)CCCNC(=O)CSc1nnc(COc2cc(C)ccc2C(C)C)n1N. The topological polar surface area (TPSA) is 121 Å². The maximum atomic E-state index is 11.9. The highest BCUT2D eigenvalue weighted by Gasteiger charge is 2.14. The van der Waals surface area contributed by atoms with E-state index in [1.165, 1.54) is 23.5 Å². The molecule has 1 heterocycles. The minimum absolute atomic E-state index is 0.143. The molecule has 1 amide bonds. The number of methoxy groups -OCH3 is 1. The number of benzene rings is 1. The molecular weight excluding hydrogens is 406 g/mol. The van der Waals surface area contributed by atoms with Crippen molar-refractivity contribution in [1.82, 2.24) is 20.2 Å². The van der Waals surface area contributed by atoms with E-state index in [9.17, 15) is 9.59 Å². The van der Waals surface area contributed by atoms with Gasteiger partial charge in [0, 0.05) is 13.0 Å². The van der Waals surface area contributed by atoms with Crippen molar-refractivity contribution >= 4 is 23.6 Å². The molecule has 0 radical (unpaired) electrons. The van der Waals surface area contributed by atoms with Crippen LogP contribution in [0.5, 0.6) is 5.75 Å². The van der Waals surface area contributed by atoms with Gasteiger partial charge in [-0.15, -0.1) is 10.2 Å². The number of nitrogens with two attached hydrogens (primary N) is 1. The van der Waals surface area contributed by atoms with Crippen LogP contribution in [-0.4, -0.2) is 46.2 Å². The maximum absolute atomic E-state index is 11.9. The largest absolute Gasteiger partial charge is 0.485 e. The number of nitrogens with one attached hydrogen (secondary N) is 1. The fraction of sp³-hybridized carbons (Fsp3) is 0.500. The van der Waals surface area contributed by atoms with Crippen molar-refractivity contribution in [3.8, 4) is 5.75 Å². The summed E-state index contributed by atoms with van der Waals surface area (Å²) in [5, 5.41) is 11.3. The molecule has 164 valence electrons. The summed E-state index contributed by atoms with van der Waals surface area (Å²) in [5.41, 5.74) is 2.22. The molecule has 0 aliphatic rings. The Balaban J connectivity index is 1.84. The highest BCUT2D eigenvalue weighted by Crippen LogP contribution is 2.28. The molecule has 2 aromatic rings. The second kappa shape index (κ2) is 11.4. The van der Waals surface area contributed by atoms with Crippen molar-refractivity contribution in [3.63, 3.8) is 0 Å². The van der Waals surface area contributed by atoms with Crippen molar-refractivity contribution in [2.45, 2.75) is 51.3 Å². The van der Waals surface area contributed by atoms with Gasteiger partial charge < -0.3 is 20.6 Å². The van der Waals surface area contributed by atoms with E-state index in [1.54, 1.807) is 0 Å². The van der Waals surface area contributed by atoms with Gasteiger partial charge in [-0.2, -0.15) is 0 Å². The molecule has 0 aliphatic heterocycles. The minimum Gasteiger partial charge on any atom is -0.485 e. The third-order valence-electron chi connectivity index (χ3n) is 4.32. The summed E-state index contributed by atoms with van der Waals surface area (Å²) in [5.74, 6) is 7.32. The summed E-state index contributed by atoms with van der Waals surface area (Å²) in [4.78, 5) is 23.0. The first-order valence-electron chi connectivity index (χ1n) is 9.70. The summed E-state index contributed by atoms with van der Waals surface area (Å²) >= 11 is 1.18. The number of ether oxygens (including phenoxy) is 2.